The van der Waals surface area contributed by atoms with Crippen molar-refractivity contribution < 1.29 is 20.4 Å². The molecule has 34 heavy (non-hydrogen) atoms. The maximum absolute atomic E-state index is 7.25. The first-order valence-corrected chi connectivity index (χ1v) is 12.8. The van der Waals surface area contributed by atoms with E-state index >= 15 is 0 Å². The number of nitrogens with zero attached hydrogens (tertiary/aromatic N) is 1. The first-order chi connectivity index (χ1) is 16.0. The third kappa shape index (κ3) is 8.60. The molecule has 0 spiro atoms. The van der Waals surface area contributed by atoms with Crippen LogP contribution in [-0.4, -0.2) is 0 Å². The number of hydrogen-bond donors (Lipinski definition) is 0. The molecule has 1 saturated carbocycles. The van der Waals surface area contributed by atoms with Crippen LogP contribution in [-0.2, 0) is 20.4 Å². The summed E-state index contributed by atoms with van der Waals surface area (Å²) in [5.74, 6) is 4.68. The van der Waals surface area contributed by atoms with Gasteiger partial charge in [-0.2, -0.15) is 0 Å². The van der Waals surface area contributed by atoms with Gasteiger partial charge in [-0.3, -0.25) is 0 Å². The van der Waals surface area contributed by atoms with E-state index in [1.54, 1.807) is 0 Å². The molecular formula is C30H36NOPRe-2. The van der Waals surface area contributed by atoms with Crippen LogP contribution in [0.4, 0.5) is 0 Å². The van der Waals surface area contributed by atoms with Crippen molar-refractivity contribution in [1.82, 2.24) is 0 Å². The number of benzene rings is 3. The molecule has 0 aromatic heterocycles. The zero-order chi connectivity index (χ0) is 24.8. The molecule has 4 rings (SSSR count). The van der Waals surface area contributed by atoms with Crippen LogP contribution < -0.4 is 15.9 Å². The minimum absolute atomic E-state index is 0. The molecule has 0 bridgehead atoms. The first kappa shape index (κ1) is 31.9. The summed E-state index contributed by atoms with van der Waals surface area (Å²) in [6, 6.07) is 32.3. The monoisotopic (exact) mass is 644 g/mol. The van der Waals surface area contributed by atoms with Crippen molar-refractivity contribution >= 4 is 23.8 Å². The normalized spacial score (nSPS) is 22.4. The van der Waals surface area contributed by atoms with Gasteiger partial charge in [0.25, 0.3) is 0 Å². The van der Waals surface area contributed by atoms with Crippen LogP contribution in [0.5, 0.6) is 0 Å². The molecule has 0 amide bonds. The summed E-state index contributed by atoms with van der Waals surface area (Å²) in [5, 5.41) is 4.19. The summed E-state index contributed by atoms with van der Waals surface area (Å²) in [4.78, 5) is 7.25. The summed E-state index contributed by atoms with van der Waals surface area (Å²) < 4.78 is 0. The van der Waals surface area contributed by atoms with Crippen molar-refractivity contribution in [2.75, 3.05) is 0 Å². The number of terminal acetylenes is 1. The van der Waals surface area contributed by atoms with E-state index in [0.29, 0.717) is 0 Å². The Bertz CT molecular complexity index is 781. The van der Waals surface area contributed by atoms with Gasteiger partial charge in [0.2, 0.25) is 0 Å². The molecule has 0 saturated heterocycles. The van der Waals surface area contributed by atoms with Gasteiger partial charge < -0.3 is 23.3 Å². The SMILES string of the molecule is CC1C(C)C(C)C(C)C1C.[C-]#C.[N-]=O.[Re].c1ccc(P(c2ccccc2)c2ccccc2)cc1. The van der Waals surface area contributed by atoms with Crippen LogP contribution in [0, 0.1) is 47.3 Å². The number of rotatable bonds is 3. The van der Waals surface area contributed by atoms with E-state index in [9.17, 15) is 0 Å². The van der Waals surface area contributed by atoms with E-state index in [0.717, 1.165) is 29.6 Å². The standard InChI is InChI=1S/C18H15P.C10H20.C2H.NO.Re/c1-4-10-16(11-5-1)19(17-12-6-2-7-13-17)18-14-8-3-9-15-18;1-6-7(2)9(4)10(5)8(6)3;2*1-2;/h1-15H;6-10H,1-5H3;1H;;/q;;2*-1;. The third-order valence-corrected chi connectivity index (χ3v) is 9.63. The second-order valence-corrected chi connectivity index (χ2v) is 10.9. The molecule has 4 heteroatoms. The molecule has 181 valence electrons. The Morgan fingerprint density at radius 3 is 0.882 bits per heavy atom. The summed E-state index contributed by atoms with van der Waals surface area (Å²) in [7, 11) is -0.446. The van der Waals surface area contributed by atoms with Crippen molar-refractivity contribution in [3.63, 3.8) is 0 Å². The molecule has 0 atom stereocenters. The molecule has 3 aromatic carbocycles. The van der Waals surface area contributed by atoms with Crippen molar-refractivity contribution in [3.05, 3.63) is 108 Å². The van der Waals surface area contributed by atoms with Gasteiger partial charge in [0.05, 0.1) is 0 Å². The Morgan fingerprint density at radius 1 is 0.529 bits per heavy atom. The van der Waals surface area contributed by atoms with Crippen LogP contribution in [0.1, 0.15) is 34.6 Å². The second kappa shape index (κ2) is 17.4. The Hall–Kier alpha value is -2.09. The van der Waals surface area contributed by atoms with E-state index in [1.807, 2.05) is 0 Å². The van der Waals surface area contributed by atoms with Crippen LogP contribution in [0.15, 0.2) is 91.0 Å². The molecule has 0 aliphatic heterocycles. The van der Waals surface area contributed by atoms with Gasteiger partial charge in [-0.1, -0.05) is 126 Å². The molecule has 0 N–H and O–H groups in total. The largest absolute Gasteiger partial charge is 0.697 e. The molecule has 2 nitrogen and oxygen atoms in total. The fraction of sp³-hybridized carbons (Fsp3) is 0.333. The molecule has 3 aromatic rings. The summed E-state index contributed by atoms with van der Waals surface area (Å²) >= 11 is 0. The van der Waals surface area contributed by atoms with Crippen LogP contribution >= 0.6 is 7.92 Å². The summed E-state index contributed by atoms with van der Waals surface area (Å²) in [5.41, 5.74) is 5.75. The number of nitroso groups, excluding NO2 is 1. The van der Waals surface area contributed by atoms with Gasteiger partial charge in [0.1, 0.15) is 0 Å². The molecular weight excluding hydrogens is 608 g/mol. The predicted molar refractivity (Wildman–Crippen MR) is 146 cm³/mol. The van der Waals surface area contributed by atoms with Crippen LogP contribution in [0.25, 0.3) is 5.59 Å². The Morgan fingerprint density at radius 2 is 0.706 bits per heavy atom. The maximum atomic E-state index is 7.25. The minimum Gasteiger partial charge on any atom is -0.697 e. The van der Waals surface area contributed by atoms with Gasteiger partial charge >= 0.3 is 0 Å². The first-order valence-electron chi connectivity index (χ1n) is 11.4. The van der Waals surface area contributed by atoms with Gasteiger partial charge in [0, 0.05) is 20.4 Å². The van der Waals surface area contributed by atoms with Gasteiger partial charge in [-0.15, -0.1) is 0 Å². The third-order valence-electron chi connectivity index (χ3n) is 7.19. The fourth-order valence-electron chi connectivity index (χ4n) is 4.57. The maximum Gasteiger partial charge on any atom is 0 e. The van der Waals surface area contributed by atoms with E-state index in [2.05, 4.69) is 132 Å². The van der Waals surface area contributed by atoms with Crippen molar-refractivity contribution in [1.29, 1.82) is 0 Å². The molecule has 0 unspecified atom stereocenters. The molecule has 1 radical (unpaired) electrons. The zero-order valence-electron chi connectivity index (χ0n) is 20.8. The quantitative estimate of drug-likeness (QED) is 0.170. The average molecular weight is 644 g/mol. The topological polar surface area (TPSA) is 39.4 Å². The van der Waals surface area contributed by atoms with E-state index in [4.69, 9.17) is 16.9 Å². The second-order valence-electron chi connectivity index (χ2n) is 8.64. The van der Waals surface area contributed by atoms with Crippen LogP contribution in [0.2, 0.25) is 0 Å². The fourth-order valence-corrected chi connectivity index (χ4v) is 6.88. The van der Waals surface area contributed by atoms with Crippen molar-refractivity contribution in [3.8, 4) is 6.42 Å². The zero-order valence-corrected chi connectivity index (χ0v) is 24.4. The van der Waals surface area contributed by atoms with Gasteiger partial charge in [-0.25, -0.2) is 0 Å². The smallest absolute Gasteiger partial charge is 0 e. The van der Waals surface area contributed by atoms with E-state index in [1.165, 1.54) is 15.9 Å². The predicted octanol–water partition coefficient (Wildman–Crippen LogP) is 7.15. The Labute approximate surface area is 222 Å². The van der Waals surface area contributed by atoms with Crippen molar-refractivity contribution in [2.45, 2.75) is 34.6 Å². The molecule has 0 heterocycles. The Balaban J connectivity index is 0.000000620. The molecule has 1 aliphatic rings. The molecule has 1 aliphatic carbocycles. The van der Waals surface area contributed by atoms with Crippen molar-refractivity contribution in [2.24, 2.45) is 29.6 Å². The van der Waals surface area contributed by atoms with Gasteiger partial charge in [0.15, 0.2) is 0 Å². The van der Waals surface area contributed by atoms with Crippen LogP contribution in [0.3, 0.4) is 0 Å². The average Bonchev–Trinajstić information content (AvgIpc) is 3.06. The summed E-state index contributed by atoms with van der Waals surface area (Å²) in [6.07, 6.45) is 9.00. The summed E-state index contributed by atoms with van der Waals surface area (Å²) in [6.45, 7) is 12.0. The van der Waals surface area contributed by atoms with E-state index < -0.39 is 7.92 Å². The van der Waals surface area contributed by atoms with E-state index in [-0.39, 0.29) is 20.4 Å². The number of hydrogen-bond acceptors (Lipinski definition) is 1. The van der Waals surface area contributed by atoms with Gasteiger partial charge in [-0.05, 0) is 53.4 Å². The minimum atomic E-state index is -0.446. The Kier molecular flexibility index (Phi) is 16.3. The molecule has 1 fully saturated rings.